The lowest BCUT2D eigenvalue weighted by Gasteiger charge is -2.25. The van der Waals surface area contributed by atoms with Crippen molar-refractivity contribution < 1.29 is 4.79 Å². The number of nitrogens with zero attached hydrogens (tertiary/aromatic N) is 2. The van der Waals surface area contributed by atoms with Gasteiger partial charge in [0.2, 0.25) is 5.91 Å². The van der Waals surface area contributed by atoms with Gasteiger partial charge < -0.3 is 5.32 Å². The van der Waals surface area contributed by atoms with Gasteiger partial charge >= 0.3 is 0 Å². The van der Waals surface area contributed by atoms with E-state index in [1.54, 1.807) is 6.92 Å². The monoisotopic (exact) mass is 359 g/mol. The average Bonchev–Trinajstić information content (AvgIpc) is 3.01. The molecular formula is C23H25N3O. The van der Waals surface area contributed by atoms with Crippen LogP contribution in [0.5, 0.6) is 0 Å². The van der Waals surface area contributed by atoms with Crippen molar-refractivity contribution in [1.29, 1.82) is 0 Å². The van der Waals surface area contributed by atoms with Gasteiger partial charge in [-0.05, 0) is 48.2 Å². The van der Waals surface area contributed by atoms with Crippen LogP contribution in [-0.4, -0.2) is 34.4 Å². The highest BCUT2D eigenvalue weighted by Gasteiger charge is 2.34. The second-order valence-corrected chi connectivity index (χ2v) is 7.78. The van der Waals surface area contributed by atoms with Crippen LogP contribution in [0.15, 0.2) is 60.8 Å². The molecule has 4 heteroatoms. The number of benzene rings is 2. The molecule has 1 unspecified atom stereocenters. The average molecular weight is 359 g/mol. The van der Waals surface area contributed by atoms with E-state index in [1.807, 2.05) is 12.3 Å². The van der Waals surface area contributed by atoms with E-state index in [1.165, 1.54) is 22.1 Å². The minimum atomic E-state index is -0.120. The lowest BCUT2D eigenvalue weighted by atomic mass is 9.99. The highest BCUT2D eigenvalue weighted by atomic mass is 16.1. The molecule has 4 nitrogen and oxygen atoms in total. The fourth-order valence-electron chi connectivity index (χ4n) is 4.17. The van der Waals surface area contributed by atoms with E-state index in [9.17, 15) is 4.79 Å². The number of hydrogen-bond acceptors (Lipinski definition) is 3. The molecule has 1 aliphatic heterocycles. The largest absolute Gasteiger partial charge is 0.350 e. The Morgan fingerprint density at radius 1 is 1.19 bits per heavy atom. The number of pyridine rings is 1. The Bertz CT molecular complexity index is 979. The first-order valence-corrected chi connectivity index (χ1v) is 9.47. The molecule has 3 aromatic rings. The van der Waals surface area contributed by atoms with E-state index in [2.05, 4.69) is 70.7 Å². The second-order valence-electron chi connectivity index (χ2n) is 7.78. The summed E-state index contributed by atoms with van der Waals surface area (Å²) in [6.45, 7) is 6.50. The zero-order valence-corrected chi connectivity index (χ0v) is 15.9. The fourth-order valence-corrected chi connectivity index (χ4v) is 4.17. The van der Waals surface area contributed by atoms with Crippen molar-refractivity contribution in [2.75, 3.05) is 13.1 Å². The van der Waals surface area contributed by atoms with E-state index < -0.39 is 0 Å². The summed E-state index contributed by atoms with van der Waals surface area (Å²) in [6.07, 6.45) is 2.82. The Morgan fingerprint density at radius 3 is 2.89 bits per heavy atom. The molecule has 1 atom stereocenters. The first-order chi connectivity index (χ1) is 13.0. The van der Waals surface area contributed by atoms with Gasteiger partial charge in [-0.15, -0.1) is 0 Å². The lowest BCUT2D eigenvalue weighted by molar-refractivity contribution is -0.120. The maximum absolute atomic E-state index is 11.4. The summed E-state index contributed by atoms with van der Waals surface area (Å²) < 4.78 is 0. The molecule has 4 rings (SSSR count). The van der Waals surface area contributed by atoms with Crippen LogP contribution in [0.25, 0.3) is 22.0 Å². The summed E-state index contributed by atoms with van der Waals surface area (Å²) in [5, 5.41) is 4.28. The van der Waals surface area contributed by atoms with Gasteiger partial charge in [-0.3, -0.25) is 14.7 Å². The van der Waals surface area contributed by atoms with Crippen LogP contribution in [-0.2, 0) is 11.3 Å². The highest BCUT2D eigenvalue weighted by Crippen LogP contribution is 2.29. The van der Waals surface area contributed by atoms with Crippen LogP contribution in [0.1, 0.15) is 25.8 Å². The summed E-state index contributed by atoms with van der Waals surface area (Å²) in [5.41, 5.74) is 4.62. The molecule has 1 N–H and O–H groups in total. The Kier molecular flexibility index (Phi) is 4.66. The number of likely N-dealkylation sites (tertiary alicyclic amines) is 1. The third-order valence-corrected chi connectivity index (χ3v) is 5.32. The maximum Gasteiger partial charge on any atom is 0.217 e. The molecule has 0 aliphatic carbocycles. The molecule has 0 saturated carbocycles. The zero-order chi connectivity index (χ0) is 18.9. The molecule has 27 heavy (non-hydrogen) atoms. The quantitative estimate of drug-likeness (QED) is 0.766. The van der Waals surface area contributed by atoms with E-state index >= 15 is 0 Å². The summed E-state index contributed by atoms with van der Waals surface area (Å²) in [7, 11) is 0. The van der Waals surface area contributed by atoms with Gasteiger partial charge in [0.15, 0.2) is 0 Å². The molecular weight excluding hydrogens is 334 g/mol. The standard InChI is InChI=1S/C23H25N3O/c1-17(27)25-23(2)11-13-26(16-23)15-18-6-3-7-19(14-18)20-8-4-10-22-21(20)9-5-12-24-22/h3-10,12,14H,11,13,15-16H2,1-2H3,(H,25,27). The number of nitrogens with one attached hydrogen (secondary N) is 1. The van der Waals surface area contributed by atoms with E-state index in [4.69, 9.17) is 0 Å². The SMILES string of the molecule is CC(=O)NC1(C)CCN(Cc2cccc(-c3cccc4ncccc34)c2)C1. The number of amides is 1. The second kappa shape index (κ2) is 7.12. The molecule has 1 saturated heterocycles. The van der Waals surface area contributed by atoms with Crippen molar-refractivity contribution in [1.82, 2.24) is 15.2 Å². The maximum atomic E-state index is 11.4. The first kappa shape index (κ1) is 17.7. The molecule has 0 radical (unpaired) electrons. The number of fused-ring (bicyclic) bond motifs is 1. The van der Waals surface area contributed by atoms with Crippen LogP contribution in [0.3, 0.4) is 0 Å². The van der Waals surface area contributed by atoms with Crippen LogP contribution in [0, 0.1) is 0 Å². The third kappa shape index (κ3) is 3.86. The number of hydrogen-bond donors (Lipinski definition) is 1. The van der Waals surface area contributed by atoms with E-state index in [0.717, 1.165) is 31.6 Å². The summed E-state index contributed by atoms with van der Waals surface area (Å²) in [6, 6.07) is 19.1. The number of carbonyl (C=O) groups excluding carboxylic acids is 1. The number of aromatic nitrogens is 1. The van der Waals surface area contributed by atoms with Crippen molar-refractivity contribution in [3.63, 3.8) is 0 Å². The Morgan fingerprint density at radius 2 is 2.04 bits per heavy atom. The predicted molar refractivity (Wildman–Crippen MR) is 109 cm³/mol. The molecule has 2 heterocycles. The first-order valence-electron chi connectivity index (χ1n) is 9.47. The third-order valence-electron chi connectivity index (χ3n) is 5.32. The Labute approximate surface area is 160 Å². The summed E-state index contributed by atoms with van der Waals surface area (Å²) >= 11 is 0. The van der Waals surface area contributed by atoms with Crippen molar-refractivity contribution in [3.8, 4) is 11.1 Å². The minimum Gasteiger partial charge on any atom is -0.350 e. The van der Waals surface area contributed by atoms with Crippen molar-refractivity contribution >= 4 is 16.8 Å². The molecule has 1 aliphatic rings. The van der Waals surface area contributed by atoms with Gasteiger partial charge in [-0.25, -0.2) is 0 Å². The normalized spacial score (nSPS) is 20.1. The zero-order valence-electron chi connectivity index (χ0n) is 15.9. The molecule has 2 aromatic carbocycles. The fraction of sp³-hybridized carbons (Fsp3) is 0.304. The van der Waals surface area contributed by atoms with Crippen LogP contribution >= 0.6 is 0 Å². The van der Waals surface area contributed by atoms with Gasteiger partial charge in [-0.1, -0.05) is 36.4 Å². The molecule has 1 aromatic heterocycles. The Hall–Kier alpha value is -2.72. The molecule has 0 bridgehead atoms. The van der Waals surface area contributed by atoms with Crippen molar-refractivity contribution in [2.24, 2.45) is 0 Å². The van der Waals surface area contributed by atoms with Gasteiger partial charge in [0.1, 0.15) is 0 Å². The number of rotatable bonds is 4. The smallest absolute Gasteiger partial charge is 0.217 e. The molecule has 1 amide bonds. The molecule has 138 valence electrons. The molecule has 1 fully saturated rings. The van der Waals surface area contributed by atoms with Crippen molar-refractivity contribution in [2.45, 2.75) is 32.4 Å². The lowest BCUT2D eigenvalue weighted by Crippen LogP contribution is -2.46. The molecule has 0 spiro atoms. The van der Waals surface area contributed by atoms with Crippen molar-refractivity contribution in [3.05, 3.63) is 66.4 Å². The van der Waals surface area contributed by atoms with E-state index in [0.29, 0.717) is 0 Å². The van der Waals surface area contributed by atoms with Gasteiger partial charge in [0, 0.05) is 38.1 Å². The summed E-state index contributed by atoms with van der Waals surface area (Å²) in [5.74, 6) is 0.0471. The van der Waals surface area contributed by atoms with E-state index in [-0.39, 0.29) is 11.4 Å². The minimum absolute atomic E-state index is 0.0471. The van der Waals surface area contributed by atoms with Crippen LogP contribution < -0.4 is 5.32 Å². The van der Waals surface area contributed by atoms with Crippen LogP contribution in [0.2, 0.25) is 0 Å². The topological polar surface area (TPSA) is 45.2 Å². The van der Waals surface area contributed by atoms with Gasteiger partial charge in [0.05, 0.1) is 11.1 Å². The highest BCUT2D eigenvalue weighted by molar-refractivity contribution is 5.94. The van der Waals surface area contributed by atoms with Gasteiger partial charge in [-0.2, -0.15) is 0 Å². The Balaban J connectivity index is 1.56. The summed E-state index contributed by atoms with van der Waals surface area (Å²) in [4.78, 5) is 18.3. The van der Waals surface area contributed by atoms with Gasteiger partial charge in [0.25, 0.3) is 0 Å². The number of carbonyl (C=O) groups is 1. The van der Waals surface area contributed by atoms with Crippen LogP contribution in [0.4, 0.5) is 0 Å². The predicted octanol–water partition coefficient (Wildman–Crippen LogP) is 4.00.